The van der Waals surface area contributed by atoms with Gasteiger partial charge in [-0.1, -0.05) is 0 Å². The van der Waals surface area contributed by atoms with Crippen LogP contribution in [0.1, 0.15) is 16.8 Å². The number of nitrogens with zero attached hydrogens (tertiary/aromatic N) is 1. The van der Waals surface area contributed by atoms with Gasteiger partial charge in [0.15, 0.2) is 0 Å². The summed E-state index contributed by atoms with van der Waals surface area (Å²) in [6, 6.07) is 1.58. The van der Waals surface area contributed by atoms with Crippen molar-refractivity contribution in [2.45, 2.75) is 6.42 Å². The highest BCUT2D eigenvalue weighted by Crippen LogP contribution is 2.27. The van der Waals surface area contributed by atoms with E-state index in [-0.39, 0.29) is 5.69 Å². The maximum Gasteiger partial charge on any atom is 0.338 e. The molecule has 0 radical (unpaired) electrons. The number of nitro benzene ring substituents is 1. The van der Waals surface area contributed by atoms with Crippen molar-refractivity contribution >= 4 is 29.1 Å². The Balaban J connectivity index is 2.99. The maximum absolute atomic E-state index is 13.5. The van der Waals surface area contributed by atoms with E-state index in [0.29, 0.717) is 6.54 Å². The Morgan fingerprint density at radius 1 is 1.58 bits per heavy atom. The first-order valence-electron chi connectivity index (χ1n) is 5.41. The molecule has 104 valence electrons. The molecule has 1 aromatic carbocycles. The van der Waals surface area contributed by atoms with E-state index in [1.165, 1.54) is 0 Å². The zero-order valence-corrected chi connectivity index (χ0v) is 11.0. The summed E-state index contributed by atoms with van der Waals surface area (Å²) in [5.74, 6) is -1.66. The van der Waals surface area contributed by atoms with Gasteiger partial charge in [0, 0.05) is 18.7 Å². The fourth-order valence-electron chi connectivity index (χ4n) is 1.46. The highest BCUT2D eigenvalue weighted by molar-refractivity contribution is 7.98. The monoisotopic (exact) mass is 288 g/mol. The lowest BCUT2D eigenvalue weighted by molar-refractivity contribution is -0.384. The average Bonchev–Trinajstić information content (AvgIpc) is 2.33. The lowest BCUT2D eigenvalue weighted by atomic mass is 10.1. The van der Waals surface area contributed by atoms with Crippen molar-refractivity contribution < 1.29 is 19.2 Å². The molecular formula is C11H13FN2O4S. The number of anilines is 1. The maximum atomic E-state index is 13.5. The van der Waals surface area contributed by atoms with Gasteiger partial charge >= 0.3 is 5.97 Å². The Labute approximate surface area is 113 Å². The largest absolute Gasteiger partial charge is 0.478 e. The summed E-state index contributed by atoms with van der Waals surface area (Å²) in [4.78, 5) is 20.8. The molecule has 0 fully saturated rings. The number of thioether (sulfide) groups is 1. The number of nitro groups is 1. The first-order chi connectivity index (χ1) is 8.97. The minimum atomic E-state index is -1.53. The molecule has 0 aliphatic heterocycles. The molecule has 0 aromatic heterocycles. The number of hydrogen-bond donors (Lipinski definition) is 2. The van der Waals surface area contributed by atoms with Crippen molar-refractivity contribution in [1.29, 1.82) is 0 Å². The van der Waals surface area contributed by atoms with Crippen LogP contribution < -0.4 is 5.32 Å². The highest BCUT2D eigenvalue weighted by atomic mass is 32.2. The molecule has 0 saturated carbocycles. The normalized spacial score (nSPS) is 10.2. The van der Waals surface area contributed by atoms with Crippen LogP contribution in [-0.2, 0) is 0 Å². The number of carboxylic acids is 1. The summed E-state index contributed by atoms with van der Waals surface area (Å²) in [6.45, 7) is 0.452. The van der Waals surface area contributed by atoms with Crippen LogP contribution in [0, 0.1) is 15.9 Å². The average molecular weight is 288 g/mol. The summed E-state index contributed by atoms with van der Waals surface area (Å²) in [5.41, 5.74) is -1.15. The van der Waals surface area contributed by atoms with Gasteiger partial charge in [-0.15, -0.1) is 0 Å². The van der Waals surface area contributed by atoms with E-state index in [2.05, 4.69) is 5.32 Å². The zero-order valence-electron chi connectivity index (χ0n) is 10.2. The number of nitrogens with one attached hydrogen (secondary N) is 1. The number of carbonyl (C=O) groups is 1. The molecule has 0 bridgehead atoms. The second-order valence-electron chi connectivity index (χ2n) is 3.68. The molecule has 2 N–H and O–H groups in total. The highest BCUT2D eigenvalue weighted by Gasteiger charge is 2.21. The van der Waals surface area contributed by atoms with Gasteiger partial charge in [-0.05, 0) is 18.4 Å². The van der Waals surface area contributed by atoms with Gasteiger partial charge in [0.2, 0.25) is 0 Å². The summed E-state index contributed by atoms with van der Waals surface area (Å²) in [7, 11) is 0. The van der Waals surface area contributed by atoms with Crippen LogP contribution in [0.4, 0.5) is 15.8 Å². The molecule has 0 unspecified atom stereocenters. The number of halogens is 1. The van der Waals surface area contributed by atoms with E-state index in [0.717, 1.165) is 24.3 Å². The molecule has 0 spiro atoms. The van der Waals surface area contributed by atoms with E-state index in [4.69, 9.17) is 5.11 Å². The second kappa shape index (κ2) is 6.93. The molecule has 1 rings (SSSR count). The number of benzene rings is 1. The quantitative estimate of drug-likeness (QED) is 0.455. The number of rotatable bonds is 7. The third-order valence-corrected chi connectivity index (χ3v) is 3.05. The fourth-order valence-corrected chi connectivity index (χ4v) is 1.89. The van der Waals surface area contributed by atoms with E-state index >= 15 is 0 Å². The first kappa shape index (κ1) is 15.2. The minimum absolute atomic E-state index is 0.00592. The van der Waals surface area contributed by atoms with E-state index in [1.807, 2.05) is 6.26 Å². The zero-order chi connectivity index (χ0) is 14.4. The van der Waals surface area contributed by atoms with Gasteiger partial charge in [0.25, 0.3) is 5.69 Å². The first-order valence-corrected chi connectivity index (χ1v) is 6.80. The molecule has 19 heavy (non-hydrogen) atoms. The van der Waals surface area contributed by atoms with Crippen LogP contribution >= 0.6 is 11.8 Å². The van der Waals surface area contributed by atoms with E-state index in [1.54, 1.807) is 11.8 Å². The molecule has 0 saturated heterocycles. The van der Waals surface area contributed by atoms with Crippen molar-refractivity contribution in [3.05, 3.63) is 33.6 Å². The molecule has 8 heteroatoms. The number of aromatic carboxylic acids is 1. The van der Waals surface area contributed by atoms with Crippen LogP contribution in [0.25, 0.3) is 0 Å². The number of carboxylic acid groups (broad SMARTS) is 1. The molecule has 0 aliphatic rings. The van der Waals surface area contributed by atoms with Crippen molar-refractivity contribution in [3.63, 3.8) is 0 Å². The van der Waals surface area contributed by atoms with Crippen LogP contribution in [0.2, 0.25) is 0 Å². The predicted molar refractivity (Wildman–Crippen MR) is 71.5 cm³/mol. The molecular weight excluding hydrogens is 275 g/mol. The Morgan fingerprint density at radius 2 is 2.26 bits per heavy atom. The molecule has 0 heterocycles. The van der Waals surface area contributed by atoms with Gasteiger partial charge in [-0.2, -0.15) is 11.8 Å². The fraction of sp³-hybridized carbons (Fsp3) is 0.364. The van der Waals surface area contributed by atoms with Gasteiger partial charge in [-0.25, -0.2) is 9.18 Å². The van der Waals surface area contributed by atoms with Crippen molar-refractivity contribution in [3.8, 4) is 0 Å². The Bertz CT molecular complexity index is 496. The summed E-state index contributed by atoms with van der Waals surface area (Å²) in [6.07, 6.45) is 2.70. The SMILES string of the molecule is CSCCCNc1cc(F)c(C(=O)O)cc1[N+](=O)[O-]. The predicted octanol–water partition coefficient (Wildman–Crippen LogP) is 2.60. The smallest absolute Gasteiger partial charge is 0.338 e. The standard InChI is InChI=1S/C11H13FN2O4S/c1-19-4-2-3-13-9-6-8(12)7(11(15)16)5-10(9)14(17)18/h5-6,13H,2-4H2,1H3,(H,15,16). The van der Waals surface area contributed by atoms with Gasteiger partial charge in [-0.3, -0.25) is 10.1 Å². The van der Waals surface area contributed by atoms with Gasteiger partial charge in [0.1, 0.15) is 17.1 Å². The Hall–Kier alpha value is -1.83. The van der Waals surface area contributed by atoms with Crippen LogP contribution in [0.15, 0.2) is 12.1 Å². The van der Waals surface area contributed by atoms with Crippen molar-refractivity contribution in [2.24, 2.45) is 0 Å². The summed E-state index contributed by atoms with van der Waals surface area (Å²) in [5, 5.41) is 22.3. The Morgan fingerprint density at radius 3 is 2.79 bits per heavy atom. The summed E-state index contributed by atoms with van der Waals surface area (Å²) >= 11 is 1.63. The molecule has 1 aromatic rings. The van der Waals surface area contributed by atoms with E-state index in [9.17, 15) is 19.3 Å². The van der Waals surface area contributed by atoms with Gasteiger partial charge in [0.05, 0.1) is 4.92 Å². The number of hydrogen-bond acceptors (Lipinski definition) is 5. The third kappa shape index (κ3) is 4.09. The topological polar surface area (TPSA) is 92.5 Å². The van der Waals surface area contributed by atoms with Crippen LogP contribution in [0.5, 0.6) is 0 Å². The van der Waals surface area contributed by atoms with Crippen molar-refractivity contribution in [1.82, 2.24) is 0 Å². The van der Waals surface area contributed by atoms with Crippen molar-refractivity contribution in [2.75, 3.05) is 23.9 Å². The van der Waals surface area contributed by atoms with Gasteiger partial charge < -0.3 is 10.4 Å². The molecule has 0 aliphatic carbocycles. The van der Waals surface area contributed by atoms with E-state index < -0.39 is 28.0 Å². The second-order valence-corrected chi connectivity index (χ2v) is 4.67. The Kier molecular flexibility index (Phi) is 5.56. The summed E-state index contributed by atoms with van der Waals surface area (Å²) < 4.78 is 13.5. The molecule has 6 nitrogen and oxygen atoms in total. The van der Waals surface area contributed by atoms with Crippen LogP contribution in [0.3, 0.4) is 0 Å². The van der Waals surface area contributed by atoms with Crippen LogP contribution in [-0.4, -0.2) is 34.6 Å². The lowest BCUT2D eigenvalue weighted by Crippen LogP contribution is -2.08. The lowest BCUT2D eigenvalue weighted by Gasteiger charge is -2.08. The minimum Gasteiger partial charge on any atom is -0.478 e. The molecule has 0 atom stereocenters. The third-order valence-electron chi connectivity index (χ3n) is 2.35. The molecule has 0 amide bonds.